The molecule has 4 nitrogen and oxygen atoms in total. The highest BCUT2D eigenvalue weighted by Gasteiger charge is 2.35. The van der Waals surface area contributed by atoms with Gasteiger partial charge < -0.3 is 11.1 Å². The van der Waals surface area contributed by atoms with E-state index < -0.39 is 29.9 Å². The third kappa shape index (κ3) is 3.13. The van der Waals surface area contributed by atoms with Gasteiger partial charge in [-0.1, -0.05) is 0 Å². The highest BCUT2D eigenvalue weighted by atomic mass is 19.4. The van der Waals surface area contributed by atoms with Crippen LogP contribution in [0.25, 0.3) is 0 Å². The summed E-state index contributed by atoms with van der Waals surface area (Å²) in [5.41, 5.74) is 1.93. The van der Waals surface area contributed by atoms with Crippen LogP contribution >= 0.6 is 0 Å². The summed E-state index contributed by atoms with van der Waals surface area (Å²) in [5.74, 6) is -1.25. The highest BCUT2D eigenvalue weighted by molar-refractivity contribution is 6.40. The van der Waals surface area contributed by atoms with Gasteiger partial charge in [-0.25, -0.2) is 0 Å². The number of carbonyl (C=O) groups is 1. The minimum atomic E-state index is -4.79. The molecule has 0 aromatic carbocycles. The Morgan fingerprint density at radius 2 is 1.75 bits per heavy atom. The number of rotatable bonds is 3. The Kier molecular flexibility index (Phi) is 2.94. The van der Waals surface area contributed by atoms with Gasteiger partial charge in [0.1, 0.15) is 11.4 Å². The number of carbonyl (C=O) groups excluding carboxylic acids is 1. The molecular weight excluding hydrogens is 175 g/mol. The van der Waals surface area contributed by atoms with Gasteiger partial charge >= 0.3 is 6.18 Å². The van der Waals surface area contributed by atoms with Gasteiger partial charge in [0, 0.05) is 6.42 Å². The second-order valence-corrected chi connectivity index (χ2v) is 2.00. The SMILES string of the molecule is N=C(CC(=N)C(F)(F)F)C(N)=O. The number of halogens is 3. The second-order valence-electron chi connectivity index (χ2n) is 2.00. The first-order valence-electron chi connectivity index (χ1n) is 2.77. The number of primary amides is 1. The zero-order valence-electron chi connectivity index (χ0n) is 5.83. The Morgan fingerprint density at radius 3 is 2.00 bits per heavy atom. The van der Waals surface area contributed by atoms with Gasteiger partial charge in [0.2, 0.25) is 0 Å². The van der Waals surface area contributed by atoms with Crippen molar-refractivity contribution < 1.29 is 18.0 Å². The van der Waals surface area contributed by atoms with Crippen LogP contribution in [0.2, 0.25) is 0 Å². The molecule has 0 saturated carbocycles. The molecule has 0 aliphatic heterocycles. The number of nitrogens with one attached hydrogen (secondary N) is 2. The predicted molar refractivity (Wildman–Crippen MR) is 35.3 cm³/mol. The van der Waals surface area contributed by atoms with E-state index in [-0.39, 0.29) is 0 Å². The van der Waals surface area contributed by atoms with Crippen molar-refractivity contribution in [3.05, 3.63) is 0 Å². The summed E-state index contributed by atoms with van der Waals surface area (Å²) in [6.07, 6.45) is -5.86. The molecular formula is C5H6F3N3O. The summed E-state index contributed by atoms with van der Waals surface area (Å²) in [4.78, 5) is 10.1. The Hall–Kier alpha value is -1.40. The second kappa shape index (κ2) is 3.33. The zero-order valence-corrected chi connectivity index (χ0v) is 5.83. The molecule has 0 unspecified atom stereocenters. The third-order valence-electron chi connectivity index (χ3n) is 0.993. The van der Waals surface area contributed by atoms with E-state index in [1.165, 1.54) is 0 Å². The smallest absolute Gasteiger partial charge is 0.365 e. The lowest BCUT2D eigenvalue weighted by Crippen LogP contribution is -2.30. The van der Waals surface area contributed by atoms with Gasteiger partial charge in [-0.15, -0.1) is 0 Å². The van der Waals surface area contributed by atoms with Crippen LogP contribution in [0.3, 0.4) is 0 Å². The van der Waals surface area contributed by atoms with Crippen molar-refractivity contribution in [1.82, 2.24) is 0 Å². The maximum Gasteiger partial charge on any atom is 0.429 e. The van der Waals surface area contributed by atoms with Crippen LogP contribution in [0.4, 0.5) is 13.2 Å². The van der Waals surface area contributed by atoms with Gasteiger partial charge in [0.05, 0.1) is 0 Å². The average Bonchev–Trinajstić information content (AvgIpc) is 1.85. The topological polar surface area (TPSA) is 90.8 Å². The van der Waals surface area contributed by atoms with Crippen molar-refractivity contribution >= 4 is 17.3 Å². The third-order valence-corrected chi connectivity index (χ3v) is 0.993. The number of amides is 1. The van der Waals surface area contributed by atoms with E-state index in [4.69, 9.17) is 10.8 Å². The Labute approximate surface area is 65.6 Å². The number of alkyl halides is 3. The molecule has 0 radical (unpaired) electrons. The molecule has 0 rings (SSSR count). The molecule has 0 aromatic heterocycles. The maximum absolute atomic E-state index is 11.6. The quantitative estimate of drug-likeness (QED) is 0.542. The fourth-order valence-corrected chi connectivity index (χ4v) is 0.364. The van der Waals surface area contributed by atoms with E-state index >= 15 is 0 Å². The summed E-state index contributed by atoms with van der Waals surface area (Å²) in [7, 11) is 0. The molecule has 0 aliphatic carbocycles. The first-order valence-corrected chi connectivity index (χ1v) is 2.77. The fourth-order valence-electron chi connectivity index (χ4n) is 0.364. The Balaban J connectivity index is 4.21. The standard InChI is InChI=1S/C5H6F3N3O/c6-5(7,8)3(10)1-2(9)4(11)12/h9-10H,1H2,(H2,11,12). The molecule has 7 heteroatoms. The number of hydrogen-bond donors (Lipinski definition) is 3. The van der Waals surface area contributed by atoms with E-state index in [1.807, 2.05) is 0 Å². The largest absolute Gasteiger partial charge is 0.429 e. The van der Waals surface area contributed by atoms with Crippen LogP contribution in [0.5, 0.6) is 0 Å². The van der Waals surface area contributed by atoms with Gasteiger partial charge in [0.15, 0.2) is 0 Å². The van der Waals surface area contributed by atoms with E-state index in [0.29, 0.717) is 0 Å². The van der Waals surface area contributed by atoms with Crippen molar-refractivity contribution in [3.8, 4) is 0 Å². The lowest BCUT2D eigenvalue weighted by molar-refractivity contribution is -0.112. The van der Waals surface area contributed by atoms with Gasteiger partial charge in [0.25, 0.3) is 5.91 Å². The predicted octanol–water partition coefficient (Wildman–Crippen LogP) is 0.464. The van der Waals surface area contributed by atoms with Crippen LogP contribution < -0.4 is 5.73 Å². The minimum Gasteiger partial charge on any atom is -0.365 e. The molecule has 0 fully saturated rings. The highest BCUT2D eigenvalue weighted by Crippen LogP contribution is 2.18. The van der Waals surface area contributed by atoms with Crippen LogP contribution in [0.15, 0.2) is 0 Å². The van der Waals surface area contributed by atoms with Crippen molar-refractivity contribution in [2.75, 3.05) is 0 Å². The molecule has 0 heterocycles. The first-order chi connectivity index (χ1) is 5.25. The summed E-state index contributed by atoms with van der Waals surface area (Å²) in [6, 6.07) is 0. The normalized spacial score (nSPS) is 10.9. The average molecular weight is 181 g/mol. The summed E-state index contributed by atoms with van der Waals surface area (Å²) in [6.45, 7) is 0. The van der Waals surface area contributed by atoms with Crippen molar-refractivity contribution in [3.63, 3.8) is 0 Å². The fraction of sp³-hybridized carbons (Fsp3) is 0.400. The van der Waals surface area contributed by atoms with Crippen molar-refractivity contribution in [2.24, 2.45) is 5.73 Å². The maximum atomic E-state index is 11.6. The van der Waals surface area contributed by atoms with Crippen molar-refractivity contribution in [2.45, 2.75) is 12.6 Å². The van der Waals surface area contributed by atoms with Crippen LogP contribution in [0, 0.1) is 10.8 Å². The molecule has 0 aliphatic rings. The molecule has 68 valence electrons. The van der Waals surface area contributed by atoms with E-state index in [1.54, 1.807) is 0 Å². The lowest BCUT2D eigenvalue weighted by Gasteiger charge is -2.06. The van der Waals surface area contributed by atoms with Crippen LogP contribution in [-0.2, 0) is 4.79 Å². The van der Waals surface area contributed by atoms with Crippen molar-refractivity contribution in [1.29, 1.82) is 10.8 Å². The lowest BCUT2D eigenvalue weighted by atomic mass is 10.2. The monoisotopic (exact) mass is 181 g/mol. The Morgan fingerprint density at radius 1 is 1.33 bits per heavy atom. The summed E-state index contributed by atoms with van der Waals surface area (Å²) >= 11 is 0. The van der Waals surface area contributed by atoms with Crippen LogP contribution in [-0.4, -0.2) is 23.5 Å². The minimum absolute atomic E-state index is 0.919. The van der Waals surface area contributed by atoms with Gasteiger partial charge in [-0.2, -0.15) is 13.2 Å². The van der Waals surface area contributed by atoms with E-state index in [2.05, 4.69) is 5.73 Å². The van der Waals surface area contributed by atoms with Gasteiger partial charge in [-0.05, 0) is 0 Å². The molecule has 4 N–H and O–H groups in total. The molecule has 0 atom stereocenters. The zero-order chi connectivity index (χ0) is 9.94. The number of nitrogens with two attached hydrogens (primary N) is 1. The molecule has 0 saturated heterocycles. The molecule has 0 aromatic rings. The van der Waals surface area contributed by atoms with E-state index in [9.17, 15) is 18.0 Å². The molecule has 0 bridgehead atoms. The number of hydrogen-bond acceptors (Lipinski definition) is 3. The van der Waals surface area contributed by atoms with Crippen LogP contribution in [0.1, 0.15) is 6.42 Å². The van der Waals surface area contributed by atoms with E-state index in [0.717, 1.165) is 0 Å². The summed E-state index contributed by atoms with van der Waals surface area (Å²) in [5, 5.41) is 13.0. The van der Waals surface area contributed by atoms with Gasteiger partial charge in [-0.3, -0.25) is 10.2 Å². The molecule has 0 spiro atoms. The first kappa shape index (κ1) is 10.6. The molecule has 12 heavy (non-hydrogen) atoms. The molecule has 1 amide bonds. The Bertz CT molecular complexity index is 233. The summed E-state index contributed by atoms with van der Waals surface area (Å²) < 4.78 is 34.8.